The normalized spacial score (nSPS) is 16.5. The van der Waals surface area contributed by atoms with E-state index in [0.29, 0.717) is 29.4 Å². The Balaban J connectivity index is 1.23. The van der Waals surface area contributed by atoms with E-state index in [1.165, 1.54) is 32.7 Å². The number of thiazole rings is 1. The monoisotopic (exact) mass is 615 g/mol. The zero-order chi connectivity index (χ0) is 30.2. The fourth-order valence-electron chi connectivity index (χ4n) is 4.59. The molecule has 5 rings (SSSR count). The van der Waals surface area contributed by atoms with Gasteiger partial charge in [-0.15, -0.1) is 0 Å². The average molecular weight is 616 g/mol. The van der Waals surface area contributed by atoms with Gasteiger partial charge < -0.3 is 24.8 Å². The molecule has 0 radical (unpaired) electrons. The summed E-state index contributed by atoms with van der Waals surface area (Å²) in [6, 6.07) is 7.18. The van der Waals surface area contributed by atoms with Crippen LogP contribution >= 0.6 is 20.6 Å². The third kappa shape index (κ3) is 6.84. The highest BCUT2D eigenvalue weighted by Gasteiger charge is 2.31. The predicted octanol–water partition coefficient (Wildman–Crippen LogP) is 6.23. The first-order valence-electron chi connectivity index (χ1n) is 13.4. The molecule has 2 N–H and O–H groups in total. The number of rotatable bonds is 7. The van der Waals surface area contributed by atoms with Crippen LogP contribution in [-0.4, -0.2) is 55.1 Å². The number of alkyl halides is 2. The maximum atomic E-state index is 13.4. The van der Waals surface area contributed by atoms with Gasteiger partial charge in [0.15, 0.2) is 5.13 Å². The van der Waals surface area contributed by atoms with Crippen LogP contribution in [-0.2, 0) is 10.4 Å². The van der Waals surface area contributed by atoms with Crippen molar-refractivity contribution in [3.8, 4) is 0 Å². The largest absolute Gasteiger partial charge is 0.444 e. The summed E-state index contributed by atoms with van der Waals surface area (Å²) in [5.41, 5.74) is -1.38. The van der Waals surface area contributed by atoms with Crippen molar-refractivity contribution in [2.75, 3.05) is 18.4 Å². The molecule has 0 saturated carbocycles. The first kappa shape index (κ1) is 29.8. The molecule has 1 aromatic carbocycles. The summed E-state index contributed by atoms with van der Waals surface area (Å²) in [6.07, 6.45) is 5.34. The number of carbonyl (C=O) groups is 2. The number of hydrogen-bond donors (Lipinski definition) is 2. The molecule has 14 heteroatoms. The lowest BCUT2D eigenvalue weighted by atomic mass is 10.2. The number of hydrogen-bond acceptors (Lipinski definition) is 8. The van der Waals surface area contributed by atoms with Crippen molar-refractivity contribution in [1.82, 2.24) is 29.7 Å². The molecule has 4 heterocycles. The van der Waals surface area contributed by atoms with Gasteiger partial charge in [0.2, 0.25) is 0 Å². The maximum Gasteiger partial charge on any atom is 0.410 e. The minimum atomic E-state index is -2.99. The number of ether oxygens (including phenoxy) is 1. The van der Waals surface area contributed by atoms with Gasteiger partial charge in [0.05, 0.1) is 30.1 Å². The Labute approximate surface area is 248 Å². The highest BCUT2D eigenvalue weighted by molar-refractivity contribution is 7.17. The van der Waals surface area contributed by atoms with E-state index in [-0.39, 0.29) is 35.3 Å². The molecule has 0 spiro atoms. The first-order chi connectivity index (χ1) is 19.8. The summed E-state index contributed by atoms with van der Waals surface area (Å²) in [5, 5.41) is 6.63. The van der Waals surface area contributed by atoms with Crippen molar-refractivity contribution in [2.24, 2.45) is 0 Å². The number of aromatic nitrogens is 4. The second-order valence-corrected chi connectivity index (χ2v) is 13.0. The quantitative estimate of drug-likeness (QED) is 0.237. The fraction of sp³-hybridized carbons (Fsp3) is 0.393. The van der Waals surface area contributed by atoms with Gasteiger partial charge in [-0.3, -0.25) is 4.79 Å². The number of imidazole rings is 1. The molecule has 42 heavy (non-hydrogen) atoms. The van der Waals surface area contributed by atoms with E-state index in [1.807, 2.05) is 32.3 Å². The number of nitrogens with one attached hydrogen (secondary N) is 2. The van der Waals surface area contributed by atoms with E-state index < -0.39 is 11.3 Å². The van der Waals surface area contributed by atoms with Gasteiger partial charge in [0.1, 0.15) is 16.8 Å². The number of carbonyl (C=O) groups excluding carboxylic acids is 2. The number of fused-ring (bicyclic) bond motifs is 1. The Morgan fingerprint density at radius 1 is 1.14 bits per heavy atom. The van der Waals surface area contributed by atoms with Crippen molar-refractivity contribution in [2.45, 2.75) is 57.5 Å². The number of benzene rings is 1. The van der Waals surface area contributed by atoms with Crippen LogP contribution in [0.15, 0.2) is 49.1 Å². The third-order valence-electron chi connectivity index (χ3n) is 6.72. The number of pyridine rings is 1. The molecule has 1 aliphatic rings. The molecule has 222 valence electrons. The molecule has 1 fully saturated rings. The minimum absolute atomic E-state index is 0.00331. The van der Waals surface area contributed by atoms with Crippen LogP contribution in [0.4, 0.5) is 24.4 Å². The van der Waals surface area contributed by atoms with E-state index >= 15 is 0 Å². The van der Waals surface area contributed by atoms with Gasteiger partial charge in [0.25, 0.3) is 11.6 Å². The number of likely N-dealkylation sites (tertiary alicyclic amines) is 1. The van der Waals surface area contributed by atoms with E-state index in [9.17, 15) is 18.4 Å². The van der Waals surface area contributed by atoms with Crippen molar-refractivity contribution >= 4 is 54.4 Å². The Hall–Kier alpha value is -3.70. The topological polar surface area (TPSA) is 114 Å². The van der Waals surface area contributed by atoms with Gasteiger partial charge in [-0.05, 0) is 52.3 Å². The average Bonchev–Trinajstić information content (AvgIpc) is 3.66. The van der Waals surface area contributed by atoms with Gasteiger partial charge in [-0.25, -0.2) is 19.7 Å². The second-order valence-electron chi connectivity index (χ2n) is 11.2. The van der Waals surface area contributed by atoms with E-state index in [4.69, 9.17) is 4.74 Å². The smallest absolute Gasteiger partial charge is 0.410 e. The number of anilines is 2. The molecule has 3 aromatic heterocycles. The third-order valence-corrected chi connectivity index (χ3v) is 8.15. The summed E-state index contributed by atoms with van der Waals surface area (Å²) >= 11 is 1.35. The summed E-state index contributed by atoms with van der Waals surface area (Å²) in [7, 11) is 1.52. The Kier molecular flexibility index (Phi) is 8.17. The molecule has 3 atom stereocenters. The van der Waals surface area contributed by atoms with Crippen LogP contribution in [0.1, 0.15) is 67.1 Å². The van der Waals surface area contributed by atoms with Gasteiger partial charge in [0, 0.05) is 35.4 Å². The minimum Gasteiger partial charge on any atom is -0.444 e. The van der Waals surface area contributed by atoms with Crippen LogP contribution in [0.5, 0.6) is 0 Å². The Bertz CT molecular complexity index is 1600. The van der Waals surface area contributed by atoms with Crippen molar-refractivity contribution in [3.63, 3.8) is 0 Å². The summed E-state index contributed by atoms with van der Waals surface area (Å²) < 4.78 is 34.4. The lowest BCUT2D eigenvalue weighted by Crippen LogP contribution is -2.35. The molecular formula is C28H32F2N7O3PS. The molecule has 2 amide bonds. The molecule has 1 saturated heterocycles. The zero-order valence-corrected chi connectivity index (χ0v) is 25.6. The summed E-state index contributed by atoms with van der Waals surface area (Å²) in [4.78, 5) is 41.3. The van der Waals surface area contributed by atoms with Crippen LogP contribution in [0.25, 0.3) is 11.0 Å². The SMILES string of the molecule is C[C@@H](NC(=O)c1cc2c(cn1)ncn2[C@H]1CCN(C(=O)OC(C)(C)C)C1)c1cnc(Nc2ccc(C(F)(F)P)cc2)s1. The summed E-state index contributed by atoms with van der Waals surface area (Å²) in [6.45, 7) is 8.42. The summed E-state index contributed by atoms with van der Waals surface area (Å²) in [5.74, 6) is -0.351. The Morgan fingerprint density at radius 2 is 1.88 bits per heavy atom. The van der Waals surface area contributed by atoms with Crippen molar-refractivity contribution in [1.29, 1.82) is 0 Å². The molecule has 10 nitrogen and oxygen atoms in total. The first-order valence-corrected chi connectivity index (χ1v) is 14.8. The second kappa shape index (κ2) is 11.5. The molecule has 0 aliphatic carbocycles. The molecule has 1 aliphatic heterocycles. The number of halogens is 2. The van der Waals surface area contributed by atoms with Gasteiger partial charge >= 0.3 is 6.09 Å². The van der Waals surface area contributed by atoms with Gasteiger partial charge in [-0.1, -0.05) is 32.7 Å². The fourth-order valence-corrected chi connectivity index (χ4v) is 5.62. The van der Waals surface area contributed by atoms with Gasteiger partial charge in [-0.2, -0.15) is 8.78 Å². The number of amides is 2. The molecular weight excluding hydrogens is 583 g/mol. The predicted molar refractivity (Wildman–Crippen MR) is 160 cm³/mol. The van der Waals surface area contributed by atoms with Crippen LogP contribution in [0.3, 0.4) is 0 Å². The van der Waals surface area contributed by atoms with Crippen LogP contribution in [0.2, 0.25) is 0 Å². The van der Waals surface area contributed by atoms with E-state index in [1.54, 1.807) is 41.8 Å². The van der Waals surface area contributed by atoms with Crippen LogP contribution in [0, 0.1) is 0 Å². The van der Waals surface area contributed by atoms with Crippen LogP contribution < -0.4 is 10.6 Å². The highest BCUT2D eigenvalue weighted by atomic mass is 32.1. The lowest BCUT2D eigenvalue weighted by molar-refractivity contribution is 0.0289. The molecule has 1 unspecified atom stereocenters. The van der Waals surface area contributed by atoms with Crippen molar-refractivity contribution in [3.05, 3.63) is 65.2 Å². The standard InChI is InChI=1S/C28H32F2N7O3PS/c1-16(23-13-32-25(42-23)35-18-7-5-17(6-8-18)28(29,30)41)34-24(38)20-11-22-21(12-31-20)33-15-37(22)19-9-10-36(14-19)26(39)40-27(2,3)4/h5-8,11-13,15-16,19H,9-10,14,41H2,1-4H3,(H,32,35)(H,34,38)/t16-,19+/m1/s1. The molecule has 4 aromatic rings. The number of nitrogens with zero attached hydrogens (tertiary/aromatic N) is 5. The zero-order valence-electron chi connectivity index (χ0n) is 23.6. The van der Waals surface area contributed by atoms with E-state index in [2.05, 4.69) is 25.6 Å². The molecule has 0 bridgehead atoms. The lowest BCUT2D eigenvalue weighted by Gasteiger charge is -2.24. The van der Waals surface area contributed by atoms with Crippen molar-refractivity contribution < 1.29 is 23.1 Å². The highest BCUT2D eigenvalue weighted by Crippen LogP contribution is 2.36. The van der Waals surface area contributed by atoms with E-state index in [0.717, 1.165) is 16.8 Å². The maximum absolute atomic E-state index is 13.4. The Morgan fingerprint density at radius 3 is 2.57 bits per heavy atom.